The van der Waals surface area contributed by atoms with Crippen LogP contribution in [0.15, 0.2) is 48.5 Å². The summed E-state index contributed by atoms with van der Waals surface area (Å²) in [7, 11) is 0. The van der Waals surface area contributed by atoms with Gasteiger partial charge in [0.15, 0.2) is 5.82 Å². The monoisotopic (exact) mass is 430 g/mol. The molecule has 0 saturated heterocycles. The largest absolute Gasteiger partial charge is 0.382 e. The number of rotatable bonds is 9. The van der Waals surface area contributed by atoms with Crippen molar-refractivity contribution in [3.63, 3.8) is 0 Å². The number of fused-ring (bicyclic) bond motifs is 3. The number of hydrogen-bond acceptors (Lipinski definition) is 5. The molecule has 0 unspecified atom stereocenters. The smallest absolute Gasteiger partial charge is 0.251 e. The molecule has 0 aliphatic rings. The molecule has 0 atom stereocenters. The van der Waals surface area contributed by atoms with E-state index in [1.165, 1.54) is 0 Å². The Kier molecular flexibility index (Phi) is 6.66. The zero-order valence-corrected chi connectivity index (χ0v) is 18.5. The number of aromatic nitrogens is 3. The predicted octanol–water partition coefficient (Wildman–Crippen LogP) is 3.44. The summed E-state index contributed by atoms with van der Waals surface area (Å²) in [6, 6.07) is 15.6. The Labute approximate surface area is 187 Å². The van der Waals surface area contributed by atoms with Crippen molar-refractivity contribution in [2.24, 2.45) is 5.73 Å². The molecule has 4 aromatic rings. The number of nitrogens with two attached hydrogens (primary N) is 2. The van der Waals surface area contributed by atoms with E-state index in [0.717, 1.165) is 59.0 Å². The van der Waals surface area contributed by atoms with Crippen LogP contribution in [0, 0.1) is 0 Å². The number of carbonyl (C=O) groups excluding carboxylic acids is 1. The van der Waals surface area contributed by atoms with Crippen molar-refractivity contribution in [2.75, 3.05) is 18.8 Å². The van der Waals surface area contributed by atoms with Gasteiger partial charge in [-0.15, -0.1) is 0 Å². The number of imidazole rings is 1. The van der Waals surface area contributed by atoms with Crippen molar-refractivity contribution >= 4 is 33.7 Å². The van der Waals surface area contributed by atoms with Crippen LogP contribution in [0.4, 0.5) is 5.82 Å². The van der Waals surface area contributed by atoms with Crippen molar-refractivity contribution in [3.8, 4) is 0 Å². The lowest BCUT2D eigenvalue weighted by Gasteiger charge is -2.12. The van der Waals surface area contributed by atoms with Gasteiger partial charge in [-0.3, -0.25) is 4.79 Å². The van der Waals surface area contributed by atoms with Gasteiger partial charge in [-0.25, -0.2) is 9.97 Å². The number of anilines is 1. The van der Waals surface area contributed by atoms with Crippen LogP contribution in [0.3, 0.4) is 0 Å². The van der Waals surface area contributed by atoms with Crippen LogP contribution in [0.5, 0.6) is 0 Å². The number of benzene rings is 2. The second-order valence-corrected chi connectivity index (χ2v) is 7.99. The first-order valence-corrected chi connectivity index (χ1v) is 11.2. The molecule has 5 N–H and O–H groups in total. The molecule has 0 bridgehead atoms. The highest BCUT2D eigenvalue weighted by molar-refractivity contribution is 6.06. The van der Waals surface area contributed by atoms with Crippen LogP contribution in [0.2, 0.25) is 0 Å². The number of amides is 1. The van der Waals surface area contributed by atoms with Crippen LogP contribution < -0.4 is 16.8 Å². The van der Waals surface area contributed by atoms with Gasteiger partial charge in [0.05, 0.1) is 11.0 Å². The Balaban J connectivity index is 1.59. The van der Waals surface area contributed by atoms with Crippen molar-refractivity contribution in [1.29, 1.82) is 0 Å². The number of nitrogens with one attached hydrogen (secondary N) is 1. The van der Waals surface area contributed by atoms with E-state index in [2.05, 4.69) is 21.8 Å². The van der Waals surface area contributed by atoms with E-state index in [4.69, 9.17) is 16.5 Å². The maximum Gasteiger partial charge on any atom is 0.251 e. The first-order valence-electron chi connectivity index (χ1n) is 11.2. The molecule has 166 valence electrons. The van der Waals surface area contributed by atoms with Gasteiger partial charge in [-0.05, 0) is 43.1 Å². The van der Waals surface area contributed by atoms with E-state index in [-0.39, 0.29) is 5.91 Å². The third-order valence-electron chi connectivity index (χ3n) is 5.71. The molecule has 0 aliphatic carbocycles. The molecule has 0 fully saturated rings. The van der Waals surface area contributed by atoms with Crippen LogP contribution in [-0.4, -0.2) is 33.5 Å². The SMILES string of the molecule is CCCCc1nc2c(N)nc3ccccc3c2n1CCNC(=O)c1ccc(CCN)cc1. The van der Waals surface area contributed by atoms with Gasteiger partial charge in [-0.1, -0.05) is 43.7 Å². The first-order chi connectivity index (χ1) is 15.6. The summed E-state index contributed by atoms with van der Waals surface area (Å²) >= 11 is 0. The summed E-state index contributed by atoms with van der Waals surface area (Å²) in [4.78, 5) is 22.0. The van der Waals surface area contributed by atoms with E-state index in [0.29, 0.717) is 31.0 Å². The van der Waals surface area contributed by atoms with E-state index in [1.54, 1.807) is 0 Å². The Morgan fingerprint density at radius 2 is 1.84 bits per heavy atom. The minimum atomic E-state index is -0.0881. The third-order valence-corrected chi connectivity index (χ3v) is 5.71. The van der Waals surface area contributed by atoms with Crippen LogP contribution in [-0.2, 0) is 19.4 Å². The van der Waals surface area contributed by atoms with Gasteiger partial charge in [0.25, 0.3) is 5.91 Å². The average Bonchev–Trinajstić information content (AvgIpc) is 3.17. The molecule has 0 aliphatic heterocycles. The number of pyridine rings is 1. The Morgan fingerprint density at radius 3 is 2.59 bits per heavy atom. The molecule has 0 spiro atoms. The maximum atomic E-state index is 12.6. The van der Waals surface area contributed by atoms with Gasteiger partial charge < -0.3 is 21.4 Å². The molecule has 2 aromatic carbocycles. The fourth-order valence-corrected chi connectivity index (χ4v) is 4.04. The molecular weight excluding hydrogens is 400 g/mol. The summed E-state index contributed by atoms with van der Waals surface area (Å²) in [5, 5.41) is 4.06. The highest BCUT2D eigenvalue weighted by Gasteiger charge is 2.17. The molecular formula is C25H30N6O. The zero-order valence-electron chi connectivity index (χ0n) is 18.5. The van der Waals surface area contributed by atoms with Crippen molar-refractivity contribution in [3.05, 3.63) is 65.5 Å². The zero-order chi connectivity index (χ0) is 22.5. The molecule has 2 aromatic heterocycles. The van der Waals surface area contributed by atoms with E-state index in [9.17, 15) is 4.79 Å². The minimum absolute atomic E-state index is 0.0881. The van der Waals surface area contributed by atoms with Crippen molar-refractivity contribution in [1.82, 2.24) is 19.9 Å². The third kappa shape index (κ3) is 4.43. The summed E-state index contributed by atoms with van der Waals surface area (Å²) < 4.78 is 2.19. The topological polar surface area (TPSA) is 112 Å². The number of aryl methyl sites for hydroxylation is 1. The quantitative estimate of drug-likeness (QED) is 0.377. The summed E-state index contributed by atoms with van der Waals surface area (Å²) in [5.41, 5.74) is 16.2. The van der Waals surface area contributed by atoms with E-state index >= 15 is 0 Å². The lowest BCUT2D eigenvalue weighted by Crippen LogP contribution is -2.27. The molecule has 32 heavy (non-hydrogen) atoms. The number of carbonyl (C=O) groups is 1. The summed E-state index contributed by atoms with van der Waals surface area (Å²) in [6.07, 6.45) is 3.78. The van der Waals surface area contributed by atoms with E-state index < -0.39 is 0 Å². The Hall–Kier alpha value is -3.45. The average molecular weight is 431 g/mol. The highest BCUT2D eigenvalue weighted by atomic mass is 16.1. The van der Waals surface area contributed by atoms with Gasteiger partial charge in [0, 0.05) is 30.5 Å². The highest BCUT2D eigenvalue weighted by Crippen LogP contribution is 2.29. The Morgan fingerprint density at radius 1 is 1.06 bits per heavy atom. The molecule has 2 heterocycles. The number of para-hydroxylation sites is 1. The van der Waals surface area contributed by atoms with E-state index in [1.807, 2.05) is 48.5 Å². The second-order valence-electron chi connectivity index (χ2n) is 7.99. The molecule has 1 amide bonds. The number of hydrogen-bond donors (Lipinski definition) is 3. The molecule has 0 radical (unpaired) electrons. The fourth-order valence-electron chi connectivity index (χ4n) is 4.04. The van der Waals surface area contributed by atoms with Crippen molar-refractivity contribution in [2.45, 2.75) is 39.2 Å². The number of unbranched alkanes of at least 4 members (excludes halogenated alkanes) is 1. The summed E-state index contributed by atoms with van der Waals surface area (Å²) in [6.45, 7) is 3.86. The van der Waals surface area contributed by atoms with Crippen LogP contribution >= 0.6 is 0 Å². The van der Waals surface area contributed by atoms with Crippen molar-refractivity contribution < 1.29 is 4.79 Å². The lowest BCUT2D eigenvalue weighted by molar-refractivity contribution is 0.0952. The fraction of sp³-hybridized carbons (Fsp3) is 0.320. The van der Waals surface area contributed by atoms with Gasteiger partial charge in [0.1, 0.15) is 11.3 Å². The summed E-state index contributed by atoms with van der Waals surface area (Å²) in [5.74, 6) is 1.33. The number of nitrogens with zero attached hydrogens (tertiary/aromatic N) is 3. The van der Waals surface area contributed by atoms with Gasteiger partial charge in [0.2, 0.25) is 0 Å². The molecule has 7 heteroatoms. The number of nitrogen functional groups attached to an aromatic ring is 1. The maximum absolute atomic E-state index is 12.6. The lowest BCUT2D eigenvalue weighted by atomic mass is 10.1. The predicted molar refractivity (Wildman–Crippen MR) is 130 cm³/mol. The molecule has 7 nitrogen and oxygen atoms in total. The van der Waals surface area contributed by atoms with Crippen LogP contribution in [0.25, 0.3) is 21.9 Å². The van der Waals surface area contributed by atoms with Crippen LogP contribution in [0.1, 0.15) is 41.5 Å². The van der Waals surface area contributed by atoms with Gasteiger partial charge in [-0.2, -0.15) is 0 Å². The normalized spacial score (nSPS) is 11.3. The molecule has 4 rings (SSSR count). The minimum Gasteiger partial charge on any atom is -0.382 e. The second kappa shape index (κ2) is 9.78. The molecule has 0 saturated carbocycles. The van der Waals surface area contributed by atoms with Gasteiger partial charge >= 0.3 is 0 Å². The first kappa shape index (κ1) is 21.8. The standard InChI is InChI=1S/C25H30N6O/c1-2-3-8-21-30-22-23(19-6-4-5-7-20(19)29-24(22)27)31(21)16-15-28-25(32)18-11-9-17(10-12-18)13-14-26/h4-7,9-12H,2-3,8,13-16,26H2,1H3,(H2,27,29)(H,28,32). The Bertz CT molecular complexity index is 1230.